The molecular weight excluding hydrogens is 182 g/mol. The Bertz CT molecular complexity index is 112. The molecule has 0 saturated carbocycles. The van der Waals surface area contributed by atoms with Gasteiger partial charge in [0, 0.05) is 33.9 Å². The van der Waals surface area contributed by atoms with Crippen LogP contribution in [0.15, 0.2) is 0 Å². The van der Waals surface area contributed by atoms with Crippen molar-refractivity contribution in [3.8, 4) is 0 Å². The van der Waals surface area contributed by atoms with E-state index in [9.17, 15) is 0 Å². The van der Waals surface area contributed by atoms with E-state index in [2.05, 4.69) is 4.90 Å². The first-order chi connectivity index (χ1) is 6.70. The van der Waals surface area contributed by atoms with Crippen LogP contribution in [0.3, 0.4) is 0 Å². The van der Waals surface area contributed by atoms with E-state index in [1.807, 2.05) is 6.92 Å². The molecule has 4 nitrogen and oxygen atoms in total. The van der Waals surface area contributed by atoms with Gasteiger partial charge in [-0.1, -0.05) is 0 Å². The number of aliphatic hydroxyl groups excluding tert-OH is 1. The second kappa shape index (κ2) is 9.40. The molecule has 4 heteroatoms. The fourth-order valence-corrected chi connectivity index (χ4v) is 1.15. The highest BCUT2D eigenvalue weighted by Crippen LogP contribution is 1.96. The topological polar surface area (TPSA) is 41.9 Å². The highest BCUT2D eigenvalue weighted by molar-refractivity contribution is 4.59. The molecular formula is C10H23NO3. The van der Waals surface area contributed by atoms with Crippen LogP contribution in [0.25, 0.3) is 0 Å². The molecule has 0 fully saturated rings. The van der Waals surface area contributed by atoms with Crippen molar-refractivity contribution < 1.29 is 14.6 Å². The van der Waals surface area contributed by atoms with Crippen molar-refractivity contribution in [1.29, 1.82) is 0 Å². The van der Waals surface area contributed by atoms with Crippen molar-refractivity contribution in [3.63, 3.8) is 0 Å². The fraction of sp³-hybridized carbons (Fsp3) is 1.00. The molecule has 0 rings (SSSR count). The number of aliphatic hydroxyl groups is 1. The predicted octanol–water partition coefficient (Wildman–Crippen LogP) is 0.352. The number of methoxy groups -OCH3 is 2. The first-order valence-corrected chi connectivity index (χ1v) is 5.09. The second-order valence-corrected chi connectivity index (χ2v) is 3.46. The third kappa shape index (κ3) is 8.44. The van der Waals surface area contributed by atoms with Crippen molar-refractivity contribution in [2.24, 2.45) is 0 Å². The van der Waals surface area contributed by atoms with Crippen molar-refractivity contribution >= 4 is 0 Å². The minimum atomic E-state index is -0.234. The first kappa shape index (κ1) is 13.8. The minimum absolute atomic E-state index is 0.234. The molecule has 0 heterocycles. The lowest BCUT2D eigenvalue weighted by Gasteiger charge is -2.22. The maximum Gasteiger partial charge on any atom is 0.0589 e. The van der Waals surface area contributed by atoms with E-state index in [1.54, 1.807) is 14.2 Å². The Labute approximate surface area is 86.8 Å². The molecule has 0 aliphatic rings. The summed E-state index contributed by atoms with van der Waals surface area (Å²) in [6.45, 7) is 5.95. The van der Waals surface area contributed by atoms with Crippen molar-refractivity contribution in [2.75, 3.05) is 47.1 Å². The lowest BCUT2D eigenvalue weighted by Crippen LogP contribution is -2.33. The number of nitrogens with zero attached hydrogens (tertiary/aromatic N) is 1. The van der Waals surface area contributed by atoms with E-state index in [-0.39, 0.29) is 6.10 Å². The average molecular weight is 205 g/mol. The monoisotopic (exact) mass is 205 g/mol. The van der Waals surface area contributed by atoms with E-state index in [1.165, 1.54) is 0 Å². The van der Waals surface area contributed by atoms with Crippen molar-refractivity contribution in [2.45, 2.75) is 19.4 Å². The smallest absolute Gasteiger partial charge is 0.0589 e. The van der Waals surface area contributed by atoms with E-state index in [0.29, 0.717) is 0 Å². The molecule has 0 aromatic heterocycles. The number of ether oxygens (including phenoxy) is 2. The summed E-state index contributed by atoms with van der Waals surface area (Å²) in [5, 5.41) is 9.16. The highest BCUT2D eigenvalue weighted by atomic mass is 16.5. The Balaban J connectivity index is 3.60. The number of hydrogen-bond acceptors (Lipinski definition) is 4. The van der Waals surface area contributed by atoms with Gasteiger partial charge in [0.2, 0.25) is 0 Å². The first-order valence-electron chi connectivity index (χ1n) is 5.09. The van der Waals surface area contributed by atoms with Crippen LogP contribution >= 0.6 is 0 Å². The maximum atomic E-state index is 9.16. The van der Waals surface area contributed by atoms with E-state index in [0.717, 1.165) is 39.3 Å². The van der Waals surface area contributed by atoms with Crippen LogP contribution < -0.4 is 0 Å². The van der Waals surface area contributed by atoms with Gasteiger partial charge >= 0.3 is 0 Å². The lowest BCUT2D eigenvalue weighted by molar-refractivity contribution is 0.0985. The molecule has 0 bridgehead atoms. The van der Waals surface area contributed by atoms with Crippen LogP contribution in [0.4, 0.5) is 0 Å². The van der Waals surface area contributed by atoms with Crippen LogP contribution in [0, 0.1) is 0 Å². The SMILES string of the molecule is COCCN(CCOC)CCC(C)O. The van der Waals surface area contributed by atoms with Gasteiger partial charge in [0.1, 0.15) is 0 Å². The zero-order chi connectivity index (χ0) is 10.8. The summed E-state index contributed by atoms with van der Waals surface area (Å²) in [6, 6.07) is 0. The largest absolute Gasteiger partial charge is 0.393 e. The van der Waals surface area contributed by atoms with E-state index >= 15 is 0 Å². The predicted molar refractivity (Wildman–Crippen MR) is 56.5 cm³/mol. The third-order valence-electron chi connectivity index (χ3n) is 2.09. The van der Waals surface area contributed by atoms with Gasteiger partial charge in [-0.2, -0.15) is 0 Å². The molecule has 0 aliphatic carbocycles. The van der Waals surface area contributed by atoms with Gasteiger partial charge in [-0.3, -0.25) is 4.90 Å². The quantitative estimate of drug-likeness (QED) is 0.590. The van der Waals surface area contributed by atoms with E-state index in [4.69, 9.17) is 14.6 Å². The maximum absolute atomic E-state index is 9.16. The summed E-state index contributed by atoms with van der Waals surface area (Å²) in [5.41, 5.74) is 0. The summed E-state index contributed by atoms with van der Waals surface area (Å²) in [7, 11) is 3.40. The van der Waals surface area contributed by atoms with Gasteiger partial charge in [0.25, 0.3) is 0 Å². The van der Waals surface area contributed by atoms with Crippen LogP contribution in [0.2, 0.25) is 0 Å². The Morgan fingerprint density at radius 3 is 1.93 bits per heavy atom. The normalized spacial score (nSPS) is 13.5. The molecule has 0 radical (unpaired) electrons. The summed E-state index contributed by atoms with van der Waals surface area (Å²) in [4.78, 5) is 2.24. The standard InChI is InChI=1S/C10H23NO3/c1-10(12)4-5-11(6-8-13-2)7-9-14-3/h10,12H,4-9H2,1-3H3. The van der Waals surface area contributed by atoms with Crippen LogP contribution in [0.1, 0.15) is 13.3 Å². The third-order valence-corrected chi connectivity index (χ3v) is 2.09. The van der Waals surface area contributed by atoms with Crippen molar-refractivity contribution in [3.05, 3.63) is 0 Å². The molecule has 86 valence electrons. The summed E-state index contributed by atoms with van der Waals surface area (Å²) >= 11 is 0. The lowest BCUT2D eigenvalue weighted by atomic mass is 10.2. The summed E-state index contributed by atoms with van der Waals surface area (Å²) < 4.78 is 10.0. The van der Waals surface area contributed by atoms with Gasteiger partial charge in [-0.15, -0.1) is 0 Å². The molecule has 1 unspecified atom stereocenters. The Kier molecular flexibility index (Phi) is 9.29. The molecule has 0 aromatic carbocycles. The zero-order valence-corrected chi connectivity index (χ0v) is 9.53. The molecule has 14 heavy (non-hydrogen) atoms. The van der Waals surface area contributed by atoms with Crippen LogP contribution in [0.5, 0.6) is 0 Å². The van der Waals surface area contributed by atoms with Gasteiger partial charge in [0.05, 0.1) is 19.3 Å². The summed E-state index contributed by atoms with van der Waals surface area (Å²) in [5.74, 6) is 0. The van der Waals surface area contributed by atoms with Gasteiger partial charge < -0.3 is 14.6 Å². The molecule has 0 saturated heterocycles. The fourth-order valence-electron chi connectivity index (χ4n) is 1.15. The van der Waals surface area contributed by atoms with Gasteiger partial charge in [-0.25, -0.2) is 0 Å². The van der Waals surface area contributed by atoms with Crippen LogP contribution in [-0.4, -0.2) is 63.2 Å². The number of rotatable bonds is 9. The van der Waals surface area contributed by atoms with E-state index < -0.39 is 0 Å². The van der Waals surface area contributed by atoms with Crippen LogP contribution in [-0.2, 0) is 9.47 Å². The summed E-state index contributed by atoms with van der Waals surface area (Å²) in [6.07, 6.45) is 0.565. The Morgan fingerprint density at radius 1 is 1.07 bits per heavy atom. The molecule has 0 aromatic rings. The molecule has 0 spiro atoms. The minimum Gasteiger partial charge on any atom is -0.393 e. The number of hydrogen-bond donors (Lipinski definition) is 1. The zero-order valence-electron chi connectivity index (χ0n) is 9.53. The second-order valence-electron chi connectivity index (χ2n) is 3.46. The highest BCUT2D eigenvalue weighted by Gasteiger charge is 2.05. The van der Waals surface area contributed by atoms with Gasteiger partial charge in [-0.05, 0) is 13.3 Å². The molecule has 1 atom stereocenters. The van der Waals surface area contributed by atoms with Gasteiger partial charge in [0.15, 0.2) is 0 Å². The molecule has 1 N–H and O–H groups in total. The Morgan fingerprint density at radius 2 is 1.57 bits per heavy atom. The average Bonchev–Trinajstić information content (AvgIpc) is 2.16. The van der Waals surface area contributed by atoms with Crippen molar-refractivity contribution in [1.82, 2.24) is 4.90 Å². The Hall–Kier alpha value is -0.160. The molecule has 0 aliphatic heterocycles. The molecule has 0 amide bonds.